The summed E-state index contributed by atoms with van der Waals surface area (Å²) in [5.41, 5.74) is 2.85. The van der Waals surface area contributed by atoms with Crippen molar-refractivity contribution in [3.8, 4) is 17.3 Å². The summed E-state index contributed by atoms with van der Waals surface area (Å²) in [6.07, 6.45) is 6.26. The lowest BCUT2D eigenvalue weighted by Crippen LogP contribution is -2.44. The van der Waals surface area contributed by atoms with Crippen molar-refractivity contribution < 1.29 is 9.47 Å². The molecule has 8 nitrogen and oxygen atoms in total. The monoisotopic (exact) mass is 454 g/mol. The van der Waals surface area contributed by atoms with Crippen molar-refractivity contribution in [1.82, 2.24) is 24.2 Å². The first-order chi connectivity index (χ1) is 15.7. The molecule has 0 saturated carbocycles. The average Bonchev–Trinajstić information content (AvgIpc) is 3.32. The summed E-state index contributed by atoms with van der Waals surface area (Å²) in [4.78, 5) is 20.2. The Bertz CT molecular complexity index is 1080. The molecular formula is C23H30N6O2S. The topological polar surface area (TPSA) is 79.4 Å². The standard InChI is InChI=1S/C23H30N6O2S/c1-15-14-31-11-10-29(15)20-13-19(16-5-8-28(32-3)9-6-16)25-23(26-20)18-12-21(30-2)27-22-17(18)4-7-24-22/h4,7,12-13,15-16H,5-6,8-11,14H2,1-3H3,(H,24,27). The molecule has 3 aromatic heterocycles. The van der Waals surface area contributed by atoms with Gasteiger partial charge in [0.25, 0.3) is 0 Å². The lowest BCUT2D eigenvalue weighted by atomic mass is 9.94. The SMILES string of the molecule is COc1cc(-c2nc(C3CCN(SC)CC3)cc(N3CCOCC3C)n2)c2cc[nH]c2n1. The zero-order valence-electron chi connectivity index (χ0n) is 18.9. The molecule has 0 amide bonds. The zero-order chi connectivity index (χ0) is 22.1. The molecule has 2 fully saturated rings. The number of anilines is 1. The van der Waals surface area contributed by atoms with Crippen LogP contribution in [0.2, 0.25) is 0 Å². The Morgan fingerprint density at radius 1 is 1.16 bits per heavy atom. The number of hydrogen-bond donors (Lipinski definition) is 1. The van der Waals surface area contributed by atoms with E-state index >= 15 is 0 Å². The fourth-order valence-electron chi connectivity index (χ4n) is 4.63. The van der Waals surface area contributed by atoms with Crippen molar-refractivity contribution >= 4 is 28.8 Å². The number of H-pyrrole nitrogens is 1. The number of nitrogens with one attached hydrogen (secondary N) is 1. The van der Waals surface area contributed by atoms with E-state index in [0.29, 0.717) is 18.4 Å². The Kier molecular flexibility index (Phi) is 6.21. The molecule has 1 N–H and O–H groups in total. The van der Waals surface area contributed by atoms with Crippen LogP contribution < -0.4 is 9.64 Å². The third-order valence-corrected chi connectivity index (χ3v) is 7.36. The Labute approximate surface area is 192 Å². The van der Waals surface area contributed by atoms with Crippen molar-refractivity contribution in [3.63, 3.8) is 0 Å². The molecule has 0 bridgehead atoms. The van der Waals surface area contributed by atoms with E-state index in [0.717, 1.165) is 73.0 Å². The molecule has 32 heavy (non-hydrogen) atoms. The predicted octanol–water partition coefficient (Wildman–Crippen LogP) is 3.71. The van der Waals surface area contributed by atoms with Gasteiger partial charge in [0, 0.05) is 60.5 Å². The van der Waals surface area contributed by atoms with Gasteiger partial charge in [0.05, 0.1) is 26.4 Å². The fourth-order valence-corrected chi connectivity index (χ4v) is 5.21. The molecule has 2 saturated heterocycles. The summed E-state index contributed by atoms with van der Waals surface area (Å²) < 4.78 is 13.6. The second-order valence-corrected chi connectivity index (χ2v) is 9.31. The minimum absolute atomic E-state index is 0.275. The number of nitrogens with zero attached hydrogens (tertiary/aromatic N) is 5. The Balaban J connectivity index is 1.61. The third kappa shape index (κ3) is 4.16. The van der Waals surface area contributed by atoms with E-state index in [2.05, 4.69) is 38.4 Å². The van der Waals surface area contributed by atoms with Crippen LogP contribution in [0.5, 0.6) is 5.88 Å². The van der Waals surface area contributed by atoms with Gasteiger partial charge in [-0.3, -0.25) is 4.31 Å². The van der Waals surface area contributed by atoms with Gasteiger partial charge in [0.1, 0.15) is 11.5 Å². The van der Waals surface area contributed by atoms with E-state index in [9.17, 15) is 0 Å². The molecule has 9 heteroatoms. The Morgan fingerprint density at radius 3 is 2.75 bits per heavy atom. The van der Waals surface area contributed by atoms with E-state index in [1.807, 2.05) is 30.3 Å². The number of aromatic nitrogens is 4. The van der Waals surface area contributed by atoms with Gasteiger partial charge in [0.15, 0.2) is 5.82 Å². The maximum atomic E-state index is 5.67. The highest BCUT2D eigenvalue weighted by molar-refractivity contribution is 7.96. The lowest BCUT2D eigenvalue weighted by molar-refractivity contribution is 0.0985. The molecule has 0 radical (unpaired) electrons. The highest BCUT2D eigenvalue weighted by Crippen LogP contribution is 2.35. The van der Waals surface area contributed by atoms with E-state index in [1.165, 1.54) is 0 Å². The average molecular weight is 455 g/mol. The summed E-state index contributed by atoms with van der Waals surface area (Å²) >= 11 is 1.83. The predicted molar refractivity (Wildman–Crippen MR) is 128 cm³/mol. The van der Waals surface area contributed by atoms with E-state index in [4.69, 9.17) is 19.4 Å². The number of hydrogen-bond acceptors (Lipinski definition) is 8. The second-order valence-electron chi connectivity index (χ2n) is 8.43. The summed E-state index contributed by atoms with van der Waals surface area (Å²) in [5.74, 6) is 2.69. The van der Waals surface area contributed by atoms with Crippen molar-refractivity contribution in [3.05, 3.63) is 30.1 Å². The number of fused-ring (bicyclic) bond motifs is 1. The van der Waals surface area contributed by atoms with Gasteiger partial charge in [-0.15, -0.1) is 0 Å². The summed E-state index contributed by atoms with van der Waals surface area (Å²) in [6, 6.07) is 6.45. The lowest BCUT2D eigenvalue weighted by Gasteiger charge is -2.35. The van der Waals surface area contributed by atoms with Crippen LogP contribution in [-0.4, -0.2) is 76.5 Å². The van der Waals surface area contributed by atoms with Crippen molar-refractivity contribution in [2.45, 2.75) is 31.7 Å². The third-order valence-electron chi connectivity index (χ3n) is 6.48. The van der Waals surface area contributed by atoms with Crippen LogP contribution in [-0.2, 0) is 4.74 Å². The highest BCUT2D eigenvalue weighted by Gasteiger charge is 2.26. The maximum absolute atomic E-state index is 5.67. The van der Waals surface area contributed by atoms with Crippen molar-refractivity contribution in [2.24, 2.45) is 0 Å². The molecule has 170 valence electrons. The molecule has 1 unspecified atom stereocenters. The molecule has 5 heterocycles. The molecule has 5 rings (SSSR count). The number of piperidine rings is 1. The number of methoxy groups -OCH3 is 1. The number of ether oxygens (including phenoxy) is 2. The summed E-state index contributed by atoms with van der Waals surface area (Å²) in [5, 5.41) is 1.00. The number of rotatable bonds is 5. The van der Waals surface area contributed by atoms with Crippen LogP contribution in [0.4, 0.5) is 5.82 Å². The van der Waals surface area contributed by atoms with Crippen LogP contribution >= 0.6 is 11.9 Å². The van der Waals surface area contributed by atoms with E-state index in [-0.39, 0.29) is 6.04 Å². The van der Waals surface area contributed by atoms with Crippen LogP contribution in [0, 0.1) is 0 Å². The molecule has 1 atom stereocenters. The number of morpholine rings is 1. The van der Waals surface area contributed by atoms with E-state index in [1.54, 1.807) is 7.11 Å². The largest absolute Gasteiger partial charge is 0.481 e. The molecule has 0 spiro atoms. The molecule has 0 aromatic carbocycles. The van der Waals surface area contributed by atoms with Gasteiger partial charge >= 0.3 is 0 Å². The molecular weight excluding hydrogens is 424 g/mol. The van der Waals surface area contributed by atoms with Gasteiger partial charge in [-0.2, -0.15) is 4.98 Å². The fraction of sp³-hybridized carbons (Fsp3) is 0.522. The molecule has 0 aliphatic carbocycles. The van der Waals surface area contributed by atoms with Crippen LogP contribution in [0.3, 0.4) is 0 Å². The summed E-state index contributed by atoms with van der Waals surface area (Å²) in [6.45, 7) is 6.62. The first-order valence-corrected chi connectivity index (χ1v) is 12.4. The minimum atomic E-state index is 0.275. The van der Waals surface area contributed by atoms with Gasteiger partial charge < -0.3 is 19.4 Å². The highest BCUT2D eigenvalue weighted by atomic mass is 32.2. The van der Waals surface area contributed by atoms with Gasteiger partial charge in [-0.25, -0.2) is 9.97 Å². The molecule has 2 aliphatic heterocycles. The normalized spacial score (nSPS) is 20.7. The molecule has 3 aromatic rings. The quantitative estimate of drug-likeness (QED) is 0.585. The summed E-state index contributed by atoms with van der Waals surface area (Å²) in [7, 11) is 1.64. The minimum Gasteiger partial charge on any atom is -0.481 e. The van der Waals surface area contributed by atoms with Gasteiger partial charge in [-0.1, -0.05) is 11.9 Å². The molecule has 2 aliphatic rings. The zero-order valence-corrected chi connectivity index (χ0v) is 19.7. The van der Waals surface area contributed by atoms with Crippen molar-refractivity contribution in [2.75, 3.05) is 51.1 Å². The van der Waals surface area contributed by atoms with Crippen molar-refractivity contribution in [1.29, 1.82) is 0 Å². The van der Waals surface area contributed by atoms with Crippen LogP contribution in [0.25, 0.3) is 22.4 Å². The van der Waals surface area contributed by atoms with Crippen LogP contribution in [0.15, 0.2) is 24.4 Å². The van der Waals surface area contributed by atoms with Gasteiger partial charge in [-0.05, 0) is 32.1 Å². The number of aromatic amines is 1. The smallest absolute Gasteiger partial charge is 0.215 e. The second kappa shape index (κ2) is 9.25. The Morgan fingerprint density at radius 2 is 2.00 bits per heavy atom. The number of pyridine rings is 1. The maximum Gasteiger partial charge on any atom is 0.215 e. The first-order valence-electron chi connectivity index (χ1n) is 11.2. The van der Waals surface area contributed by atoms with E-state index < -0.39 is 0 Å². The van der Waals surface area contributed by atoms with Gasteiger partial charge in [0.2, 0.25) is 5.88 Å². The Hall–Kier alpha value is -2.36. The van der Waals surface area contributed by atoms with Crippen LogP contribution in [0.1, 0.15) is 31.4 Å². The first kappa shape index (κ1) is 21.5.